The SMILES string of the molecule is COc1ccccc1CNC(=O)Cn1cc(S(=O)(=O)Cc2ccc(F)cc2)c2ccccc21. The second-order valence-electron chi connectivity index (χ2n) is 7.61. The molecule has 3 aromatic carbocycles. The number of amides is 1. The first-order valence-electron chi connectivity index (χ1n) is 10.3. The predicted molar refractivity (Wildman–Crippen MR) is 124 cm³/mol. The van der Waals surface area contributed by atoms with E-state index in [9.17, 15) is 17.6 Å². The third kappa shape index (κ3) is 5.06. The van der Waals surface area contributed by atoms with Gasteiger partial charge in [0.05, 0.1) is 17.8 Å². The quantitative estimate of drug-likeness (QED) is 0.425. The Labute approximate surface area is 191 Å². The number of benzene rings is 3. The summed E-state index contributed by atoms with van der Waals surface area (Å²) in [7, 11) is -2.15. The molecule has 0 unspecified atom stereocenters. The summed E-state index contributed by atoms with van der Waals surface area (Å²) in [6.07, 6.45) is 1.49. The zero-order chi connectivity index (χ0) is 23.4. The molecule has 0 aliphatic rings. The van der Waals surface area contributed by atoms with E-state index in [1.807, 2.05) is 24.3 Å². The van der Waals surface area contributed by atoms with E-state index in [4.69, 9.17) is 4.74 Å². The van der Waals surface area contributed by atoms with Crippen LogP contribution < -0.4 is 10.1 Å². The van der Waals surface area contributed by atoms with Crippen molar-refractivity contribution in [1.29, 1.82) is 0 Å². The maximum absolute atomic E-state index is 13.2. The van der Waals surface area contributed by atoms with E-state index >= 15 is 0 Å². The van der Waals surface area contributed by atoms with E-state index in [-0.39, 0.29) is 29.6 Å². The topological polar surface area (TPSA) is 77.4 Å². The molecule has 6 nitrogen and oxygen atoms in total. The van der Waals surface area contributed by atoms with E-state index in [1.54, 1.807) is 35.9 Å². The Kier molecular flexibility index (Phi) is 6.46. The monoisotopic (exact) mass is 466 g/mol. The molecule has 0 saturated carbocycles. The molecule has 0 radical (unpaired) electrons. The van der Waals surface area contributed by atoms with Crippen LogP contribution in [0.1, 0.15) is 11.1 Å². The van der Waals surface area contributed by atoms with Gasteiger partial charge in [0.1, 0.15) is 18.1 Å². The molecule has 1 heterocycles. The fourth-order valence-electron chi connectivity index (χ4n) is 3.72. The predicted octanol–water partition coefficient (Wildman–Crippen LogP) is 4.08. The van der Waals surface area contributed by atoms with Gasteiger partial charge in [-0.2, -0.15) is 0 Å². The second-order valence-corrected chi connectivity index (χ2v) is 9.57. The van der Waals surface area contributed by atoms with E-state index in [1.165, 1.54) is 30.5 Å². The maximum atomic E-state index is 13.2. The van der Waals surface area contributed by atoms with Crippen LogP contribution in [0.25, 0.3) is 10.9 Å². The molecule has 1 aromatic heterocycles. The number of fused-ring (bicyclic) bond motifs is 1. The summed E-state index contributed by atoms with van der Waals surface area (Å²) in [5.74, 6) is -0.268. The number of rotatable bonds is 8. The fraction of sp³-hybridized carbons (Fsp3) is 0.160. The lowest BCUT2D eigenvalue weighted by Crippen LogP contribution is -2.27. The van der Waals surface area contributed by atoms with Gasteiger partial charge in [-0.3, -0.25) is 4.79 Å². The molecule has 0 aliphatic heterocycles. The van der Waals surface area contributed by atoms with E-state index in [2.05, 4.69) is 5.32 Å². The van der Waals surface area contributed by atoms with Crippen molar-refractivity contribution in [2.24, 2.45) is 0 Å². The highest BCUT2D eigenvalue weighted by Gasteiger charge is 2.22. The van der Waals surface area contributed by atoms with Gasteiger partial charge in [0.15, 0.2) is 9.84 Å². The molecule has 0 bridgehead atoms. The first-order valence-corrected chi connectivity index (χ1v) is 12.0. The Balaban J connectivity index is 1.56. The van der Waals surface area contributed by atoms with Gasteiger partial charge in [-0.1, -0.05) is 48.5 Å². The minimum absolute atomic E-state index is 0.0399. The van der Waals surface area contributed by atoms with Crippen LogP contribution in [0.2, 0.25) is 0 Å². The standard InChI is InChI=1S/C25H23FN2O4S/c1-32-23-9-5-2-6-19(23)14-27-25(29)16-28-15-24(21-7-3-4-8-22(21)28)33(30,31)17-18-10-12-20(26)13-11-18/h2-13,15H,14,16-17H2,1H3,(H,27,29). The third-order valence-electron chi connectivity index (χ3n) is 5.34. The van der Waals surface area contributed by atoms with Gasteiger partial charge in [-0.25, -0.2) is 12.8 Å². The molecule has 1 amide bonds. The number of halogens is 1. The second kappa shape index (κ2) is 9.46. The lowest BCUT2D eigenvalue weighted by atomic mass is 10.2. The zero-order valence-corrected chi connectivity index (χ0v) is 18.8. The highest BCUT2D eigenvalue weighted by Crippen LogP contribution is 2.28. The lowest BCUT2D eigenvalue weighted by molar-refractivity contribution is -0.121. The Morgan fingerprint density at radius 2 is 1.70 bits per heavy atom. The Hall–Kier alpha value is -3.65. The number of sulfone groups is 1. The van der Waals surface area contributed by atoms with E-state index in [0.29, 0.717) is 22.2 Å². The normalized spacial score (nSPS) is 11.5. The molecule has 0 atom stereocenters. The number of methoxy groups -OCH3 is 1. The summed E-state index contributed by atoms with van der Waals surface area (Å²) in [5.41, 5.74) is 1.97. The maximum Gasteiger partial charge on any atom is 0.240 e. The molecule has 170 valence electrons. The van der Waals surface area contributed by atoms with Gasteiger partial charge in [-0.05, 0) is 29.8 Å². The molecule has 0 spiro atoms. The molecule has 0 fully saturated rings. The van der Waals surface area contributed by atoms with E-state index < -0.39 is 15.7 Å². The molecule has 1 N–H and O–H groups in total. The van der Waals surface area contributed by atoms with Crippen LogP contribution in [-0.2, 0) is 33.5 Å². The number of ether oxygens (including phenoxy) is 1. The van der Waals surface area contributed by atoms with Crippen LogP contribution >= 0.6 is 0 Å². The largest absolute Gasteiger partial charge is 0.496 e. The minimum Gasteiger partial charge on any atom is -0.496 e. The summed E-state index contributed by atoms with van der Waals surface area (Å²) in [5, 5.41) is 3.39. The smallest absolute Gasteiger partial charge is 0.240 e. The van der Waals surface area contributed by atoms with Gasteiger partial charge in [-0.15, -0.1) is 0 Å². The van der Waals surface area contributed by atoms with E-state index in [0.717, 1.165) is 5.56 Å². The molecular weight excluding hydrogens is 443 g/mol. The van der Waals surface area contributed by atoms with Crippen molar-refractivity contribution in [2.75, 3.05) is 7.11 Å². The number of nitrogens with zero attached hydrogens (tertiary/aromatic N) is 1. The summed E-state index contributed by atoms with van der Waals surface area (Å²) in [6.45, 7) is 0.250. The van der Waals surface area contributed by atoms with Crippen molar-refractivity contribution in [3.8, 4) is 5.75 Å². The Morgan fingerprint density at radius 1 is 1.00 bits per heavy atom. The fourth-order valence-corrected chi connectivity index (χ4v) is 5.31. The summed E-state index contributed by atoms with van der Waals surface area (Å²) in [6, 6.07) is 19.8. The zero-order valence-electron chi connectivity index (χ0n) is 18.0. The van der Waals surface area contributed by atoms with Gasteiger partial charge >= 0.3 is 0 Å². The van der Waals surface area contributed by atoms with Crippen molar-refractivity contribution < 1.29 is 22.3 Å². The third-order valence-corrected chi connectivity index (χ3v) is 7.05. The highest BCUT2D eigenvalue weighted by molar-refractivity contribution is 7.90. The number of carbonyl (C=O) groups is 1. The average Bonchev–Trinajstić information content (AvgIpc) is 3.18. The molecule has 0 aliphatic carbocycles. The van der Waals surface area contributed by atoms with Crippen LogP contribution in [0, 0.1) is 5.82 Å². The highest BCUT2D eigenvalue weighted by atomic mass is 32.2. The van der Waals surface area contributed by atoms with Crippen molar-refractivity contribution in [1.82, 2.24) is 9.88 Å². The van der Waals surface area contributed by atoms with Crippen LogP contribution in [-0.4, -0.2) is 26.0 Å². The molecule has 33 heavy (non-hydrogen) atoms. The number of hydrogen-bond acceptors (Lipinski definition) is 4. The van der Waals surface area contributed by atoms with Crippen molar-refractivity contribution in [2.45, 2.75) is 23.7 Å². The molecular formula is C25H23FN2O4S. The molecule has 8 heteroatoms. The number of nitrogens with one attached hydrogen (secondary N) is 1. The number of carbonyl (C=O) groups excluding carboxylic acids is 1. The summed E-state index contributed by atoms with van der Waals surface area (Å²) < 4.78 is 46.4. The summed E-state index contributed by atoms with van der Waals surface area (Å²) in [4.78, 5) is 12.8. The Bertz CT molecular complexity index is 1400. The van der Waals surface area contributed by atoms with Crippen molar-refractivity contribution in [3.63, 3.8) is 0 Å². The van der Waals surface area contributed by atoms with Gasteiger partial charge in [0, 0.05) is 29.2 Å². The molecule has 4 aromatic rings. The number of hydrogen-bond donors (Lipinski definition) is 1. The minimum atomic E-state index is -3.72. The average molecular weight is 467 g/mol. The Morgan fingerprint density at radius 3 is 2.45 bits per heavy atom. The summed E-state index contributed by atoms with van der Waals surface area (Å²) >= 11 is 0. The van der Waals surface area contributed by atoms with Crippen LogP contribution in [0.3, 0.4) is 0 Å². The van der Waals surface area contributed by atoms with Crippen LogP contribution in [0.4, 0.5) is 4.39 Å². The van der Waals surface area contributed by atoms with Crippen LogP contribution in [0.5, 0.6) is 5.75 Å². The van der Waals surface area contributed by atoms with Crippen molar-refractivity contribution >= 4 is 26.6 Å². The van der Waals surface area contributed by atoms with Crippen LogP contribution in [0.15, 0.2) is 83.9 Å². The van der Waals surface area contributed by atoms with Gasteiger partial charge < -0.3 is 14.6 Å². The molecule has 0 saturated heterocycles. The number of aromatic nitrogens is 1. The van der Waals surface area contributed by atoms with Crippen molar-refractivity contribution in [3.05, 3.63) is 95.9 Å². The first-order chi connectivity index (χ1) is 15.9. The molecule has 4 rings (SSSR count). The van der Waals surface area contributed by atoms with Gasteiger partial charge in [0.2, 0.25) is 5.91 Å². The van der Waals surface area contributed by atoms with Gasteiger partial charge in [0.25, 0.3) is 0 Å². The lowest BCUT2D eigenvalue weighted by Gasteiger charge is -2.10. The number of para-hydroxylation sites is 2. The first kappa shape index (κ1) is 22.5.